The summed E-state index contributed by atoms with van der Waals surface area (Å²) in [5.74, 6) is -0.118. The summed E-state index contributed by atoms with van der Waals surface area (Å²) < 4.78 is 26.2. The lowest BCUT2D eigenvalue weighted by Gasteiger charge is -2.15. The van der Waals surface area contributed by atoms with Crippen molar-refractivity contribution in [3.8, 4) is 0 Å². The van der Waals surface area contributed by atoms with Crippen molar-refractivity contribution in [2.75, 3.05) is 18.9 Å². The van der Waals surface area contributed by atoms with Crippen LogP contribution in [0, 0.1) is 0 Å². The summed E-state index contributed by atoms with van der Waals surface area (Å²) in [4.78, 5) is 17.8. The minimum absolute atomic E-state index is 0.118. The molecule has 0 aliphatic heterocycles. The number of anilines is 1. The molecule has 0 aromatic carbocycles. The van der Waals surface area contributed by atoms with E-state index in [0.717, 1.165) is 25.0 Å². The van der Waals surface area contributed by atoms with E-state index in [2.05, 4.69) is 10.3 Å². The molecule has 0 spiro atoms. The van der Waals surface area contributed by atoms with Gasteiger partial charge < -0.3 is 5.32 Å². The average molecular weight is 400 g/mol. The van der Waals surface area contributed by atoms with E-state index in [1.807, 2.05) is 0 Å². The van der Waals surface area contributed by atoms with Crippen LogP contribution in [-0.2, 0) is 27.7 Å². The van der Waals surface area contributed by atoms with Crippen LogP contribution in [0.1, 0.15) is 36.3 Å². The van der Waals surface area contributed by atoms with Gasteiger partial charge in [0.15, 0.2) is 5.13 Å². The summed E-state index contributed by atoms with van der Waals surface area (Å²) in [5, 5.41) is 5.24. The Morgan fingerprint density at radius 1 is 1.36 bits per heavy atom. The van der Waals surface area contributed by atoms with Gasteiger partial charge in [0.25, 0.3) is 10.0 Å². The predicted molar refractivity (Wildman–Crippen MR) is 101 cm³/mol. The number of nitrogens with zero attached hydrogens (tertiary/aromatic N) is 2. The van der Waals surface area contributed by atoms with Crippen LogP contribution in [0.5, 0.6) is 0 Å². The van der Waals surface area contributed by atoms with Crippen molar-refractivity contribution in [1.29, 1.82) is 0 Å². The number of nitrogens with one attached hydrogen (secondary N) is 1. The summed E-state index contributed by atoms with van der Waals surface area (Å²) in [6.07, 6.45) is 5.14. The molecule has 2 aromatic heterocycles. The number of fused-ring (bicyclic) bond motifs is 1. The van der Waals surface area contributed by atoms with Gasteiger partial charge in [-0.1, -0.05) is 6.07 Å². The van der Waals surface area contributed by atoms with Gasteiger partial charge in [-0.05, 0) is 43.6 Å². The molecule has 0 saturated heterocycles. The van der Waals surface area contributed by atoms with Crippen molar-refractivity contribution in [2.24, 2.45) is 0 Å². The minimum Gasteiger partial charge on any atom is -0.302 e. The minimum atomic E-state index is -3.44. The van der Waals surface area contributed by atoms with Gasteiger partial charge in [0, 0.05) is 24.9 Å². The third kappa shape index (κ3) is 4.46. The fourth-order valence-corrected chi connectivity index (χ4v) is 6.21. The number of thiophene rings is 1. The van der Waals surface area contributed by atoms with Crippen molar-refractivity contribution in [3.05, 3.63) is 28.1 Å². The standard InChI is InChI=1S/C16H21N3O3S3/c1-19(25(21,22)15-9-5-11-23-15)10-4-8-14(20)18-16-17-12-6-2-3-7-13(12)24-16/h5,9,11H,2-4,6-8,10H2,1H3,(H,17,18,20). The first-order valence-corrected chi connectivity index (χ1v) is 11.4. The van der Waals surface area contributed by atoms with Gasteiger partial charge in [0.1, 0.15) is 4.21 Å². The normalized spacial score (nSPS) is 14.5. The van der Waals surface area contributed by atoms with E-state index in [0.29, 0.717) is 22.3 Å². The molecule has 1 aliphatic rings. The Kier molecular flexibility index (Phi) is 5.88. The molecule has 0 radical (unpaired) electrons. The fourth-order valence-electron chi connectivity index (χ4n) is 2.73. The highest BCUT2D eigenvalue weighted by atomic mass is 32.2. The van der Waals surface area contributed by atoms with Crippen LogP contribution in [0.15, 0.2) is 21.7 Å². The van der Waals surface area contributed by atoms with Gasteiger partial charge in [-0.25, -0.2) is 17.7 Å². The van der Waals surface area contributed by atoms with Gasteiger partial charge >= 0.3 is 0 Å². The number of amides is 1. The Balaban J connectivity index is 1.47. The van der Waals surface area contributed by atoms with Gasteiger partial charge in [-0.15, -0.1) is 22.7 Å². The zero-order chi connectivity index (χ0) is 17.9. The molecular formula is C16H21N3O3S3. The van der Waals surface area contributed by atoms with Crippen molar-refractivity contribution >= 4 is 43.7 Å². The number of sulfonamides is 1. The molecule has 6 nitrogen and oxygen atoms in total. The van der Waals surface area contributed by atoms with Crippen LogP contribution < -0.4 is 5.32 Å². The van der Waals surface area contributed by atoms with Gasteiger partial charge in [-0.2, -0.15) is 0 Å². The molecule has 0 bridgehead atoms. The summed E-state index contributed by atoms with van der Waals surface area (Å²) in [7, 11) is -1.90. The Labute approximate surface area is 155 Å². The Morgan fingerprint density at radius 3 is 2.88 bits per heavy atom. The molecule has 136 valence electrons. The lowest BCUT2D eigenvalue weighted by Crippen LogP contribution is -2.28. The Morgan fingerprint density at radius 2 is 2.16 bits per heavy atom. The third-order valence-electron chi connectivity index (χ3n) is 4.13. The van der Waals surface area contributed by atoms with Crippen molar-refractivity contribution in [3.63, 3.8) is 0 Å². The maximum absolute atomic E-state index is 12.3. The maximum atomic E-state index is 12.3. The lowest BCUT2D eigenvalue weighted by atomic mass is 10.0. The zero-order valence-electron chi connectivity index (χ0n) is 14.0. The molecule has 9 heteroatoms. The largest absolute Gasteiger partial charge is 0.302 e. The molecule has 25 heavy (non-hydrogen) atoms. The molecular weight excluding hydrogens is 378 g/mol. The second-order valence-electron chi connectivity index (χ2n) is 6.01. The number of hydrogen-bond donors (Lipinski definition) is 1. The number of aryl methyl sites for hydroxylation is 2. The SMILES string of the molecule is CN(CCCC(=O)Nc1nc2c(s1)CCCC2)S(=O)(=O)c1cccs1. The molecule has 0 atom stereocenters. The summed E-state index contributed by atoms with van der Waals surface area (Å²) in [6.45, 7) is 0.308. The second-order valence-corrected chi connectivity index (χ2v) is 10.3. The molecule has 0 unspecified atom stereocenters. The maximum Gasteiger partial charge on any atom is 0.252 e. The van der Waals surface area contributed by atoms with Crippen LogP contribution in [0.2, 0.25) is 0 Å². The van der Waals surface area contributed by atoms with Gasteiger partial charge in [-0.3, -0.25) is 4.79 Å². The highest BCUT2D eigenvalue weighted by Crippen LogP contribution is 2.29. The molecule has 1 aliphatic carbocycles. The summed E-state index contributed by atoms with van der Waals surface area (Å²) in [5.41, 5.74) is 1.12. The van der Waals surface area contributed by atoms with Gasteiger partial charge in [0.05, 0.1) is 5.69 Å². The molecule has 1 amide bonds. The van der Waals surface area contributed by atoms with Crippen LogP contribution in [0.4, 0.5) is 5.13 Å². The van der Waals surface area contributed by atoms with E-state index in [1.165, 1.54) is 26.9 Å². The highest BCUT2D eigenvalue weighted by Gasteiger charge is 2.21. The number of rotatable bonds is 7. The predicted octanol–water partition coefficient (Wildman–Crippen LogP) is 3.12. The van der Waals surface area contributed by atoms with Crippen molar-refractivity contribution in [2.45, 2.75) is 42.7 Å². The number of carbonyl (C=O) groups is 1. The summed E-state index contributed by atoms with van der Waals surface area (Å²) >= 11 is 2.75. The van der Waals surface area contributed by atoms with E-state index in [9.17, 15) is 13.2 Å². The van der Waals surface area contributed by atoms with E-state index >= 15 is 0 Å². The van der Waals surface area contributed by atoms with Crippen molar-refractivity contribution in [1.82, 2.24) is 9.29 Å². The van der Waals surface area contributed by atoms with E-state index < -0.39 is 10.0 Å². The molecule has 0 saturated carbocycles. The quantitative estimate of drug-likeness (QED) is 0.776. The number of hydrogen-bond acceptors (Lipinski definition) is 6. The van der Waals surface area contributed by atoms with Crippen molar-refractivity contribution < 1.29 is 13.2 Å². The average Bonchev–Trinajstić information content (AvgIpc) is 3.24. The molecule has 1 N–H and O–H groups in total. The van der Waals surface area contributed by atoms with E-state index in [4.69, 9.17) is 0 Å². The van der Waals surface area contributed by atoms with Crippen LogP contribution in [-0.4, -0.2) is 37.2 Å². The van der Waals surface area contributed by atoms with Gasteiger partial charge in [0.2, 0.25) is 5.91 Å². The third-order valence-corrected chi connectivity index (χ3v) is 8.43. The number of carbonyl (C=O) groups excluding carboxylic acids is 1. The smallest absolute Gasteiger partial charge is 0.252 e. The first-order valence-electron chi connectivity index (χ1n) is 8.25. The summed E-state index contributed by atoms with van der Waals surface area (Å²) in [6, 6.07) is 3.31. The lowest BCUT2D eigenvalue weighted by molar-refractivity contribution is -0.116. The molecule has 3 rings (SSSR count). The first kappa shape index (κ1) is 18.5. The topological polar surface area (TPSA) is 79.4 Å². The first-order chi connectivity index (χ1) is 12.0. The molecule has 2 aromatic rings. The molecule has 0 fully saturated rings. The van der Waals surface area contributed by atoms with Crippen LogP contribution in [0.25, 0.3) is 0 Å². The number of thiazole rings is 1. The van der Waals surface area contributed by atoms with E-state index in [-0.39, 0.29) is 12.3 Å². The van der Waals surface area contributed by atoms with Crippen LogP contribution in [0.3, 0.4) is 0 Å². The second kappa shape index (κ2) is 7.94. The zero-order valence-corrected chi connectivity index (χ0v) is 16.5. The van der Waals surface area contributed by atoms with E-state index in [1.54, 1.807) is 35.9 Å². The van der Waals surface area contributed by atoms with Crippen LogP contribution >= 0.6 is 22.7 Å². The highest BCUT2D eigenvalue weighted by molar-refractivity contribution is 7.91. The molecule has 2 heterocycles. The Hall–Kier alpha value is -1.29. The monoisotopic (exact) mass is 399 g/mol. The fraction of sp³-hybridized carbons (Fsp3) is 0.500. The Bertz CT molecular complexity index is 805. The number of aromatic nitrogens is 1.